The number of benzene rings is 1. The number of anilines is 1. The van der Waals surface area contributed by atoms with E-state index in [2.05, 4.69) is 13.8 Å². The number of unbranched alkanes of at least 4 members (excludes halogenated alkanes) is 2. The van der Waals surface area contributed by atoms with Crippen molar-refractivity contribution in [3.8, 4) is 0 Å². The topological polar surface area (TPSA) is 20.3 Å². The molecule has 0 radical (unpaired) electrons. The van der Waals surface area contributed by atoms with Gasteiger partial charge in [0.25, 0.3) is 0 Å². The van der Waals surface area contributed by atoms with Crippen LogP contribution in [0.15, 0.2) is 18.2 Å². The molecule has 0 bridgehead atoms. The summed E-state index contributed by atoms with van der Waals surface area (Å²) in [7, 11) is 0. The molecule has 0 fully saturated rings. The third kappa shape index (κ3) is 4.83. The summed E-state index contributed by atoms with van der Waals surface area (Å²) < 4.78 is 13.5. The second-order valence-corrected chi connectivity index (χ2v) is 6.14. The lowest BCUT2D eigenvalue weighted by Crippen LogP contribution is -2.41. The highest BCUT2D eigenvalue weighted by Gasteiger charge is 2.24. The Bertz CT molecular complexity index is 470. The standard InChI is InChI=1S/C18H28FNO/c1-6-7-8-9-15(5)20(18(21)13(2)3)16-10-11-17(19)14(4)12-16/h10-13,15H,6-9H2,1-5H3. The fraction of sp³-hybridized carbons (Fsp3) is 0.611. The lowest BCUT2D eigenvalue weighted by Gasteiger charge is -2.31. The molecule has 21 heavy (non-hydrogen) atoms. The number of carbonyl (C=O) groups is 1. The maximum Gasteiger partial charge on any atom is 0.229 e. The summed E-state index contributed by atoms with van der Waals surface area (Å²) in [5.74, 6) is -0.191. The van der Waals surface area contributed by atoms with Gasteiger partial charge >= 0.3 is 0 Å². The fourth-order valence-corrected chi connectivity index (χ4v) is 2.47. The van der Waals surface area contributed by atoms with E-state index < -0.39 is 0 Å². The van der Waals surface area contributed by atoms with Crippen LogP contribution in [-0.2, 0) is 4.79 Å². The molecule has 0 aliphatic heterocycles. The van der Waals surface area contributed by atoms with Crippen LogP contribution in [0, 0.1) is 18.7 Å². The Morgan fingerprint density at radius 3 is 2.43 bits per heavy atom. The average molecular weight is 293 g/mol. The zero-order valence-corrected chi connectivity index (χ0v) is 13.9. The molecule has 3 heteroatoms. The van der Waals surface area contributed by atoms with Crippen LogP contribution < -0.4 is 4.90 Å². The van der Waals surface area contributed by atoms with Crippen molar-refractivity contribution in [1.29, 1.82) is 0 Å². The van der Waals surface area contributed by atoms with Crippen molar-refractivity contribution in [2.75, 3.05) is 4.90 Å². The molecule has 1 rings (SSSR count). The highest BCUT2D eigenvalue weighted by molar-refractivity contribution is 5.95. The molecular weight excluding hydrogens is 265 g/mol. The Morgan fingerprint density at radius 2 is 1.90 bits per heavy atom. The first-order chi connectivity index (χ1) is 9.88. The molecule has 1 amide bonds. The molecule has 2 nitrogen and oxygen atoms in total. The number of aryl methyl sites for hydroxylation is 1. The lowest BCUT2D eigenvalue weighted by atomic mass is 10.0. The van der Waals surface area contributed by atoms with Gasteiger partial charge in [0.15, 0.2) is 0 Å². The van der Waals surface area contributed by atoms with Crippen LogP contribution in [0.5, 0.6) is 0 Å². The quantitative estimate of drug-likeness (QED) is 0.641. The minimum absolute atomic E-state index is 0.0658. The number of hydrogen-bond donors (Lipinski definition) is 0. The van der Waals surface area contributed by atoms with E-state index in [1.54, 1.807) is 19.1 Å². The molecule has 0 saturated heterocycles. The minimum atomic E-state index is -0.227. The van der Waals surface area contributed by atoms with Crippen molar-refractivity contribution < 1.29 is 9.18 Å². The molecule has 0 saturated carbocycles. The number of carbonyl (C=O) groups excluding carboxylic acids is 1. The van der Waals surface area contributed by atoms with Gasteiger partial charge in [-0.3, -0.25) is 4.79 Å². The normalized spacial score (nSPS) is 12.5. The zero-order valence-electron chi connectivity index (χ0n) is 13.9. The monoisotopic (exact) mass is 293 g/mol. The number of amides is 1. The Balaban J connectivity index is 3.01. The number of nitrogens with zero attached hydrogens (tertiary/aromatic N) is 1. The molecule has 0 heterocycles. The van der Waals surface area contributed by atoms with Crippen molar-refractivity contribution in [2.45, 2.75) is 66.3 Å². The molecule has 0 N–H and O–H groups in total. The molecule has 1 unspecified atom stereocenters. The smallest absolute Gasteiger partial charge is 0.229 e. The third-order valence-corrected chi connectivity index (χ3v) is 3.82. The SMILES string of the molecule is CCCCCC(C)N(C(=O)C(C)C)c1ccc(F)c(C)c1. The molecule has 1 aromatic carbocycles. The van der Waals surface area contributed by atoms with Crippen LogP contribution in [-0.4, -0.2) is 11.9 Å². The Morgan fingerprint density at radius 1 is 1.24 bits per heavy atom. The van der Waals surface area contributed by atoms with Gasteiger partial charge in [-0.1, -0.05) is 40.0 Å². The maximum atomic E-state index is 13.5. The summed E-state index contributed by atoms with van der Waals surface area (Å²) in [5.41, 5.74) is 1.38. The molecule has 118 valence electrons. The highest BCUT2D eigenvalue weighted by atomic mass is 19.1. The van der Waals surface area contributed by atoms with E-state index in [-0.39, 0.29) is 23.7 Å². The largest absolute Gasteiger partial charge is 0.309 e. The Kier molecular flexibility index (Phi) is 6.86. The number of halogens is 1. The second kappa shape index (κ2) is 8.16. The van der Waals surface area contributed by atoms with Crippen molar-refractivity contribution >= 4 is 11.6 Å². The summed E-state index contributed by atoms with van der Waals surface area (Å²) in [4.78, 5) is 14.4. The first-order valence-electron chi connectivity index (χ1n) is 7.97. The highest BCUT2D eigenvalue weighted by Crippen LogP contribution is 2.24. The summed E-state index contributed by atoms with van der Waals surface area (Å²) >= 11 is 0. The molecule has 0 aliphatic rings. The Hall–Kier alpha value is -1.38. The molecule has 0 spiro atoms. The number of rotatable bonds is 7. The van der Waals surface area contributed by atoms with Crippen molar-refractivity contribution in [3.05, 3.63) is 29.6 Å². The van der Waals surface area contributed by atoms with Crippen molar-refractivity contribution in [1.82, 2.24) is 0 Å². The summed E-state index contributed by atoms with van der Waals surface area (Å²) in [6, 6.07) is 5.06. The maximum absolute atomic E-state index is 13.5. The fourth-order valence-electron chi connectivity index (χ4n) is 2.47. The van der Waals surface area contributed by atoms with Gasteiger partial charge in [-0.15, -0.1) is 0 Å². The van der Waals surface area contributed by atoms with E-state index in [0.29, 0.717) is 5.56 Å². The molecular formula is C18H28FNO. The molecule has 1 atom stereocenters. The van der Waals surface area contributed by atoms with Gasteiger partial charge in [-0.05, 0) is 44.0 Å². The van der Waals surface area contributed by atoms with E-state index in [4.69, 9.17) is 0 Å². The van der Waals surface area contributed by atoms with Gasteiger partial charge in [0.1, 0.15) is 5.82 Å². The van der Waals surface area contributed by atoms with Crippen LogP contribution in [0.2, 0.25) is 0 Å². The lowest BCUT2D eigenvalue weighted by molar-refractivity contribution is -0.121. The third-order valence-electron chi connectivity index (χ3n) is 3.82. The Labute approximate surface area is 128 Å². The van der Waals surface area contributed by atoms with Crippen molar-refractivity contribution in [2.24, 2.45) is 5.92 Å². The first-order valence-corrected chi connectivity index (χ1v) is 7.97. The number of hydrogen-bond acceptors (Lipinski definition) is 1. The predicted octanol–water partition coefficient (Wildman–Crippen LogP) is 5.09. The van der Waals surface area contributed by atoms with Crippen molar-refractivity contribution in [3.63, 3.8) is 0 Å². The van der Waals surface area contributed by atoms with E-state index in [9.17, 15) is 9.18 Å². The van der Waals surface area contributed by atoms with E-state index >= 15 is 0 Å². The van der Waals surface area contributed by atoms with Crippen LogP contribution in [0.25, 0.3) is 0 Å². The van der Waals surface area contributed by atoms with Crippen LogP contribution in [0.3, 0.4) is 0 Å². The van der Waals surface area contributed by atoms with Gasteiger partial charge in [0.2, 0.25) is 5.91 Å². The predicted molar refractivity (Wildman–Crippen MR) is 87.1 cm³/mol. The minimum Gasteiger partial charge on any atom is -0.309 e. The van der Waals surface area contributed by atoms with E-state index in [1.807, 2.05) is 18.7 Å². The van der Waals surface area contributed by atoms with E-state index in [0.717, 1.165) is 18.5 Å². The molecule has 1 aromatic rings. The van der Waals surface area contributed by atoms with Crippen LogP contribution in [0.1, 0.15) is 58.9 Å². The summed E-state index contributed by atoms with van der Waals surface area (Å²) in [6.45, 7) is 9.80. The summed E-state index contributed by atoms with van der Waals surface area (Å²) in [5, 5.41) is 0. The summed E-state index contributed by atoms with van der Waals surface area (Å²) in [6.07, 6.45) is 4.43. The van der Waals surface area contributed by atoms with Gasteiger partial charge in [-0.2, -0.15) is 0 Å². The van der Waals surface area contributed by atoms with Crippen LogP contribution >= 0.6 is 0 Å². The van der Waals surface area contributed by atoms with Gasteiger partial charge in [0.05, 0.1) is 0 Å². The molecule has 0 aliphatic carbocycles. The first kappa shape index (κ1) is 17.7. The molecule has 0 aromatic heterocycles. The zero-order chi connectivity index (χ0) is 16.0. The second-order valence-electron chi connectivity index (χ2n) is 6.14. The van der Waals surface area contributed by atoms with Gasteiger partial charge < -0.3 is 4.90 Å². The van der Waals surface area contributed by atoms with E-state index in [1.165, 1.54) is 18.9 Å². The van der Waals surface area contributed by atoms with Crippen LogP contribution in [0.4, 0.5) is 10.1 Å². The van der Waals surface area contributed by atoms with Gasteiger partial charge in [0, 0.05) is 17.6 Å². The average Bonchev–Trinajstić information content (AvgIpc) is 2.43. The van der Waals surface area contributed by atoms with Gasteiger partial charge in [-0.25, -0.2) is 4.39 Å².